The highest BCUT2D eigenvalue weighted by Crippen LogP contribution is 2.28. The van der Waals surface area contributed by atoms with Crippen LogP contribution in [0.2, 0.25) is 0 Å². The Labute approximate surface area is 236 Å². The molecule has 0 atom stereocenters. The van der Waals surface area contributed by atoms with Gasteiger partial charge in [0.2, 0.25) is 0 Å². The second-order valence-electron chi connectivity index (χ2n) is 8.88. The molecule has 3 rings (SSSR count). The van der Waals surface area contributed by atoms with Crippen LogP contribution in [-0.2, 0) is 9.53 Å². The number of carbonyl (C=O) groups excluding carboxylic acids is 1. The van der Waals surface area contributed by atoms with Crippen LogP contribution >= 0.6 is 0 Å². The molecule has 0 saturated heterocycles. The minimum Gasteiger partial charge on any atom is -0.460 e. The number of anilines is 1. The van der Waals surface area contributed by atoms with Crippen LogP contribution in [0.5, 0.6) is 0 Å². The van der Waals surface area contributed by atoms with E-state index in [2.05, 4.69) is 47.0 Å². The van der Waals surface area contributed by atoms with Crippen LogP contribution in [0.4, 0.5) is 28.4 Å². The topological polar surface area (TPSA) is 123 Å². The van der Waals surface area contributed by atoms with Crippen LogP contribution in [0.3, 0.4) is 0 Å². The predicted molar refractivity (Wildman–Crippen MR) is 158 cm³/mol. The number of esters is 1. The van der Waals surface area contributed by atoms with Gasteiger partial charge in [-0.25, -0.2) is 4.79 Å². The van der Waals surface area contributed by atoms with Crippen LogP contribution < -0.4 is 4.90 Å². The third kappa shape index (κ3) is 10.6. The first-order chi connectivity index (χ1) is 19.3. The molecule has 0 unspecified atom stereocenters. The summed E-state index contributed by atoms with van der Waals surface area (Å²) in [6.45, 7) is 12.3. The molecule has 0 saturated carbocycles. The van der Waals surface area contributed by atoms with E-state index in [1.165, 1.54) is 6.42 Å². The Hall–Kier alpha value is -4.68. The lowest BCUT2D eigenvalue weighted by atomic mass is 10.2. The number of aliphatic hydroxyl groups is 1. The Morgan fingerprint density at radius 2 is 1.48 bits per heavy atom. The zero-order valence-corrected chi connectivity index (χ0v) is 23.5. The second-order valence-corrected chi connectivity index (χ2v) is 8.88. The van der Waals surface area contributed by atoms with E-state index in [1.54, 1.807) is 31.2 Å². The van der Waals surface area contributed by atoms with E-state index in [9.17, 15) is 9.90 Å². The molecule has 0 aliphatic rings. The molecule has 0 heterocycles. The van der Waals surface area contributed by atoms with Crippen molar-refractivity contribution < 1.29 is 14.6 Å². The molecule has 0 aliphatic carbocycles. The molecule has 0 amide bonds. The first-order valence-electron chi connectivity index (χ1n) is 13.0. The van der Waals surface area contributed by atoms with Gasteiger partial charge in [-0.1, -0.05) is 26.8 Å². The van der Waals surface area contributed by atoms with Crippen molar-refractivity contribution >= 4 is 34.4 Å². The Bertz CT molecular complexity index is 1340. The zero-order chi connectivity index (χ0) is 29.3. The second kappa shape index (κ2) is 17.0. The standard InChI is InChI=1S/C28H28N6O3.C3H8/c1-20(2)28(36)37-17-15-34(14-16-35)26-11-8-24(9-12-26)31-33-27-13-10-25(18-21(27)3)32-30-23-6-4-22(19-29)5-7-23;1-3-2/h4-13,18,35H,1,14-17H2,2-3H3;3H2,1-2H3. The summed E-state index contributed by atoms with van der Waals surface area (Å²) < 4.78 is 5.16. The Balaban J connectivity index is 0.00000178. The number of nitrogens with zero attached hydrogens (tertiary/aromatic N) is 6. The van der Waals surface area contributed by atoms with Gasteiger partial charge in [0.25, 0.3) is 0 Å². The quantitative estimate of drug-likeness (QED) is 0.150. The molecule has 3 aromatic rings. The van der Waals surface area contributed by atoms with Crippen molar-refractivity contribution in [3.8, 4) is 6.07 Å². The van der Waals surface area contributed by atoms with Crippen molar-refractivity contribution in [1.29, 1.82) is 5.26 Å². The monoisotopic (exact) mass is 540 g/mol. The summed E-state index contributed by atoms with van der Waals surface area (Å²) in [6.07, 6.45) is 1.25. The molecule has 0 aliphatic heterocycles. The first kappa shape index (κ1) is 31.5. The SMILES string of the molecule is C=C(C)C(=O)OCCN(CCO)c1ccc(N=Nc2ccc(N=Nc3ccc(C#N)cc3)cc2C)cc1.CCC. The fraction of sp³-hybridized carbons (Fsp3) is 0.290. The van der Waals surface area contributed by atoms with Crippen molar-refractivity contribution in [3.05, 3.63) is 90.0 Å². The van der Waals surface area contributed by atoms with Crippen molar-refractivity contribution in [3.63, 3.8) is 0 Å². The van der Waals surface area contributed by atoms with Gasteiger partial charge in [0.1, 0.15) is 6.61 Å². The van der Waals surface area contributed by atoms with E-state index in [4.69, 9.17) is 10.00 Å². The van der Waals surface area contributed by atoms with Gasteiger partial charge in [-0.3, -0.25) is 0 Å². The van der Waals surface area contributed by atoms with Gasteiger partial charge in [-0.05, 0) is 86.1 Å². The molecule has 0 spiro atoms. The van der Waals surface area contributed by atoms with Gasteiger partial charge < -0.3 is 14.7 Å². The number of nitriles is 1. The molecule has 9 nitrogen and oxygen atoms in total. The Kier molecular flexibility index (Phi) is 13.4. The van der Waals surface area contributed by atoms with Gasteiger partial charge in [-0.15, -0.1) is 0 Å². The highest BCUT2D eigenvalue weighted by atomic mass is 16.5. The Morgan fingerprint density at radius 1 is 0.925 bits per heavy atom. The fourth-order valence-corrected chi connectivity index (χ4v) is 3.24. The summed E-state index contributed by atoms with van der Waals surface area (Å²) in [5, 5.41) is 35.4. The number of azo groups is 2. The number of carbonyl (C=O) groups is 1. The summed E-state index contributed by atoms with van der Waals surface area (Å²) in [5.74, 6) is -0.433. The number of benzene rings is 3. The number of ether oxygens (including phenoxy) is 1. The summed E-state index contributed by atoms with van der Waals surface area (Å²) in [7, 11) is 0. The van der Waals surface area contributed by atoms with Gasteiger partial charge in [-0.2, -0.15) is 25.7 Å². The van der Waals surface area contributed by atoms with Crippen molar-refractivity contribution in [2.75, 3.05) is 31.2 Å². The van der Waals surface area contributed by atoms with E-state index in [1.807, 2.05) is 54.3 Å². The van der Waals surface area contributed by atoms with Gasteiger partial charge in [0.15, 0.2) is 0 Å². The number of aliphatic hydroxyl groups excluding tert-OH is 1. The largest absolute Gasteiger partial charge is 0.460 e. The highest BCUT2D eigenvalue weighted by molar-refractivity contribution is 5.86. The summed E-state index contributed by atoms with van der Waals surface area (Å²) in [5.41, 5.74) is 5.41. The maximum atomic E-state index is 11.6. The van der Waals surface area contributed by atoms with Crippen LogP contribution in [0, 0.1) is 18.3 Å². The van der Waals surface area contributed by atoms with Crippen molar-refractivity contribution in [1.82, 2.24) is 0 Å². The first-order valence-corrected chi connectivity index (χ1v) is 13.0. The van der Waals surface area contributed by atoms with E-state index < -0.39 is 5.97 Å². The number of rotatable bonds is 11. The van der Waals surface area contributed by atoms with Crippen LogP contribution in [0.25, 0.3) is 0 Å². The minimum absolute atomic E-state index is 0.0296. The lowest BCUT2D eigenvalue weighted by Gasteiger charge is -2.23. The summed E-state index contributed by atoms with van der Waals surface area (Å²) in [4.78, 5) is 13.5. The normalized spacial score (nSPS) is 10.6. The van der Waals surface area contributed by atoms with E-state index in [0.29, 0.717) is 47.0 Å². The van der Waals surface area contributed by atoms with E-state index in [0.717, 1.165) is 11.3 Å². The molecule has 0 radical (unpaired) electrons. The molecule has 3 aromatic carbocycles. The maximum absolute atomic E-state index is 11.6. The number of aryl methyl sites for hydroxylation is 1. The zero-order valence-electron chi connectivity index (χ0n) is 23.5. The van der Waals surface area contributed by atoms with Crippen molar-refractivity contribution in [2.45, 2.75) is 34.1 Å². The van der Waals surface area contributed by atoms with Gasteiger partial charge in [0, 0.05) is 17.8 Å². The minimum atomic E-state index is -0.433. The molecule has 0 aromatic heterocycles. The molecule has 40 heavy (non-hydrogen) atoms. The third-order valence-corrected chi connectivity index (χ3v) is 5.26. The van der Waals surface area contributed by atoms with E-state index in [-0.39, 0.29) is 13.2 Å². The molecular weight excluding hydrogens is 504 g/mol. The van der Waals surface area contributed by atoms with E-state index >= 15 is 0 Å². The predicted octanol–water partition coefficient (Wildman–Crippen LogP) is 8.03. The highest BCUT2D eigenvalue weighted by Gasteiger charge is 2.09. The van der Waals surface area contributed by atoms with Gasteiger partial charge in [0.05, 0.1) is 47.5 Å². The summed E-state index contributed by atoms with van der Waals surface area (Å²) >= 11 is 0. The number of hydrogen-bond donors (Lipinski definition) is 1. The molecule has 0 fully saturated rings. The van der Waals surface area contributed by atoms with Crippen molar-refractivity contribution in [2.24, 2.45) is 20.5 Å². The Morgan fingerprint density at radius 3 is 2.02 bits per heavy atom. The lowest BCUT2D eigenvalue weighted by molar-refractivity contribution is -0.138. The van der Waals surface area contributed by atoms with Crippen LogP contribution in [0.1, 0.15) is 38.3 Å². The molecule has 9 heteroatoms. The molecular formula is C31H36N6O3. The van der Waals surface area contributed by atoms with Gasteiger partial charge >= 0.3 is 5.97 Å². The molecule has 208 valence electrons. The van der Waals surface area contributed by atoms with Crippen LogP contribution in [-0.4, -0.2) is 37.4 Å². The third-order valence-electron chi connectivity index (χ3n) is 5.26. The average molecular weight is 541 g/mol. The average Bonchev–Trinajstić information content (AvgIpc) is 2.96. The smallest absolute Gasteiger partial charge is 0.333 e. The summed E-state index contributed by atoms with van der Waals surface area (Å²) in [6, 6.07) is 21.9. The maximum Gasteiger partial charge on any atom is 0.333 e. The fourth-order valence-electron chi connectivity index (χ4n) is 3.24. The number of hydrogen-bond acceptors (Lipinski definition) is 9. The van der Waals surface area contributed by atoms with Crippen LogP contribution in [0.15, 0.2) is 99.3 Å². The molecule has 1 N–H and O–H groups in total. The molecule has 0 bridgehead atoms. The lowest BCUT2D eigenvalue weighted by Crippen LogP contribution is -2.31.